The van der Waals surface area contributed by atoms with E-state index in [-0.39, 0.29) is 11.5 Å². The van der Waals surface area contributed by atoms with Crippen molar-refractivity contribution in [2.45, 2.75) is 0 Å². The highest BCUT2D eigenvalue weighted by Gasteiger charge is 2.17. The van der Waals surface area contributed by atoms with E-state index < -0.39 is 4.92 Å². The molecule has 0 aliphatic carbocycles. The molecule has 3 aromatic rings. The number of nitrogens with zero attached hydrogens (tertiary/aromatic N) is 4. The summed E-state index contributed by atoms with van der Waals surface area (Å²) in [5, 5.41) is 24.5. The van der Waals surface area contributed by atoms with Crippen molar-refractivity contribution in [1.29, 1.82) is 0 Å². The van der Waals surface area contributed by atoms with E-state index in [4.69, 9.17) is 14.2 Å². The first-order chi connectivity index (χ1) is 12.1. The summed E-state index contributed by atoms with van der Waals surface area (Å²) in [4.78, 5) is 10.5. The Bertz CT molecular complexity index is 897. The maximum absolute atomic E-state index is 11.0. The third-order valence-corrected chi connectivity index (χ3v) is 3.34. The second kappa shape index (κ2) is 6.83. The predicted molar refractivity (Wildman–Crippen MR) is 85.9 cm³/mol. The van der Waals surface area contributed by atoms with Crippen molar-refractivity contribution in [3.63, 3.8) is 0 Å². The molecule has 0 spiro atoms. The number of aromatic nitrogens is 4. The van der Waals surface area contributed by atoms with Crippen LogP contribution in [0.2, 0.25) is 0 Å². The Balaban J connectivity index is 2.01. The Morgan fingerprint density at radius 1 is 1.04 bits per heavy atom. The summed E-state index contributed by atoms with van der Waals surface area (Å²) in [5.41, 5.74) is 0.220. The minimum absolute atomic E-state index is 0.112. The van der Waals surface area contributed by atoms with Gasteiger partial charge < -0.3 is 14.2 Å². The zero-order valence-corrected chi connectivity index (χ0v) is 13.3. The fourth-order valence-electron chi connectivity index (χ4n) is 2.18. The first-order valence-corrected chi connectivity index (χ1v) is 7.04. The molecule has 0 saturated heterocycles. The predicted octanol–water partition coefficient (Wildman–Crippen LogP) is 2.58. The SMILES string of the molecule is COc1ccc(Oc2ccc([N+](=O)[O-])cc2-c2nn[nH]n2)cc1OC. The van der Waals surface area contributed by atoms with Gasteiger partial charge in [0.15, 0.2) is 11.5 Å². The number of aromatic amines is 1. The first-order valence-electron chi connectivity index (χ1n) is 7.04. The number of methoxy groups -OCH3 is 2. The van der Waals surface area contributed by atoms with E-state index in [0.29, 0.717) is 28.6 Å². The summed E-state index contributed by atoms with van der Waals surface area (Å²) < 4.78 is 16.2. The molecule has 128 valence electrons. The molecule has 0 aliphatic rings. The number of benzene rings is 2. The van der Waals surface area contributed by atoms with Crippen molar-refractivity contribution >= 4 is 5.69 Å². The first kappa shape index (κ1) is 16.2. The molecule has 10 nitrogen and oxygen atoms in total. The maximum Gasteiger partial charge on any atom is 0.270 e. The van der Waals surface area contributed by atoms with Crippen LogP contribution in [0.25, 0.3) is 11.4 Å². The van der Waals surface area contributed by atoms with Crippen molar-refractivity contribution in [2.75, 3.05) is 14.2 Å². The van der Waals surface area contributed by atoms with Gasteiger partial charge in [0, 0.05) is 18.2 Å². The van der Waals surface area contributed by atoms with Crippen LogP contribution in [0.1, 0.15) is 0 Å². The Morgan fingerprint density at radius 2 is 1.80 bits per heavy atom. The van der Waals surface area contributed by atoms with Gasteiger partial charge in [-0.15, -0.1) is 10.2 Å². The lowest BCUT2D eigenvalue weighted by Crippen LogP contribution is -1.95. The van der Waals surface area contributed by atoms with E-state index in [2.05, 4.69) is 20.6 Å². The lowest BCUT2D eigenvalue weighted by atomic mass is 10.1. The molecule has 1 aromatic heterocycles. The van der Waals surface area contributed by atoms with Crippen LogP contribution in [0.4, 0.5) is 5.69 Å². The third kappa shape index (κ3) is 3.32. The quantitative estimate of drug-likeness (QED) is 0.534. The summed E-state index contributed by atoms with van der Waals surface area (Å²) in [6.45, 7) is 0. The van der Waals surface area contributed by atoms with Gasteiger partial charge in [0.25, 0.3) is 5.69 Å². The summed E-state index contributed by atoms with van der Waals surface area (Å²) in [6.07, 6.45) is 0. The summed E-state index contributed by atoms with van der Waals surface area (Å²) >= 11 is 0. The summed E-state index contributed by atoms with van der Waals surface area (Å²) in [6, 6.07) is 9.14. The van der Waals surface area contributed by atoms with Crippen LogP contribution >= 0.6 is 0 Å². The van der Waals surface area contributed by atoms with Crippen LogP contribution in [0, 0.1) is 10.1 Å². The standard InChI is InChI=1S/C15H13N5O5/c1-23-13-6-4-10(8-14(13)24-2)25-12-5-3-9(20(21)22)7-11(12)15-16-18-19-17-15/h3-8H,1-2H3,(H,16,17,18,19). The van der Waals surface area contributed by atoms with E-state index in [1.54, 1.807) is 18.2 Å². The van der Waals surface area contributed by atoms with Gasteiger partial charge in [-0.3, -0.25) is 10.1 Å². The lowest BCUT2D eigenvalue weighted by Gasteiger charge is -2.12. The van der Waals surface area contributed by atoms with Crippen molar-refractivity contribution in [2.24, 2.45) is 0 Å². The van der Waals surface area contributed by atoms with Gasteiger partial charge in [-0.05, 0) is 23.4 Å². The highest BCUT2D eigenvalue weighted by atomic mass is 16.6. The number of ether oxygens (including phenoxy) is 3. The molecular formula is C15H13N5O5. The molecule has 0 amide bonds. The minimum Gasteiger partial charge on any atom is -0.493 e. The molecule has 1 N–H and O–H groups in total. The lowest BCUT2D eigenvalue weighted by molar-refractivity contribution is -0.384. The average Bonchev–Trinajstić information content (AvgIpc) is 3.16. The normalized spacial score (nSPS) is 10.3. The van der Waals surface area contributed by atoms with E-state index in [1.807, 2.05) is 0 Å². The van der Waals surface area contributed by atoms with Gasteiger partial charge in [0.1, 0.15) is 11.5 Å². The van der Waals surface area contributed by atoms with E-state index in [0.717, 1.165) is 0 Å². The zero-order chi connectivity index (χ0) is 17.8. The molecule has 0 atom stereocenters. The smallest absolute Gasteiger partial charge is 0.270 e. The number of rotatable bonds is 6. The molecule has 0 fully saturated rings. The molecule has 0 radical (unpaired) electrons. The fourth-order valence-corrected chi connectivity index (χ4v) is 2.18. The molecule has 0 saturated carbocycles. The Kier molecular flexibility index (Phi) is 4.42. The fraction of sp³-hybridized carbons (Fsp3) is 0.133. The van der Waals surface area contributed by atoms with Gasteiger partial charge in [-0.1, -0.05) is 0 Å². The highest BCUT2D eigenvalue weighted by Crippen LogP contribution is 2.37. The van der Waals surface area contributed by atoms with Gasteiger partial charge >= 0.3 is 0 Å². The van der Waals surface area contributed by atoms with E-state index in [9.17, 15) is 10.1 Å². The van der Waals surface area contributed by atoms with Crippen LogP contribution in [-0.4, -0.2) is 39.8 Å². The summed E-state index contributed by atoms with van der Waals surface area (Å²) in [7, 11) is 3.04. The molecule has 0 unspecified atom stereocenters. The molecule has 0 bridgehead atoms. The summed E-state index contributed by atoms with van der Waals surface area (Å²) in [5.74, 6) is 2.01. The van der Waals surface area contributed by atoms with Crippen LogP contribution in [0.5, 0.6) is 23.0 Å². The second-order valence-corrected chi connectivity index (χ2v) is 4.79. The van der Waals surface area contributed by atoms with Crippen LogP contribution in [0.3, 0.4) is 0 Å². The number of hydrogen-bond donors (Lipinski definition) is 1. The van der Waals surface area contributed by atoms with Gasteiger partial charge in [-0.25, -0.2) is 0 Å². The number of nitro benzene ring substituents is 1. The van der Waals surface area contributed by atoms with Gasteiger partial charge in [0.05, 0.1) is 24.7 Å². The molecule has 2 aromatic carbocycles. The largest absolute Gasteiger partial charge is 0.493 e. The molecule has 25 heavy (non-hydrogen) atoms. The van der Waals surface area contributed by atoms with Crippen molar-refractivity contribution < 1.29 is 19.1 Å². The van der Waals surface area contributed by atoms with Gasteiger partial charge in [0.2, 0.25) is 5.82 Å². The highest BCUT2D eigenvalue weighted by molar-refractivity contribution is 5.67. The topological polar surface area (TPSA) is 125 Å². The minimum atomic E-state index is -0.510. The maximum atomic E-state index is 11.0. The molecular weight excluding hydrogens is 330 g/mol. The number of nitro groups is 1. The monoisotopic (exact) mass is 343 g/mol. The zero-order valence-electron chi connectivity index (χ0n) is 13.3. The van der Waals surface area contributed by atoms with Crippen LogP contribution in [-0.2, 0) is 0 Å². The third-order valence-electron chi connectivity index (χ3n) is 3.34. The van der Waals surface area contributed by atoms with Crippen molar-refractivity contribution in [3.8, 4) is 34.4 Å². The molecule has 10 heteroatoms. The molecule has 0 aliphatic heterocycles. The van der Waals surface area contributed by atoms with Gasteiger partial charge in [-0.2, -0.15) is 5.21 Å². The Hall–Kier alpha value is -3.69. The Labute approximate surface area is 141 Å². The number of non-ortho nitro benzene ring substituents is 1. The number of H-pyrrole nitrogens is 1. The Morgan fingerprint density at radius 3 is 2.44 bits per heavy atom. The van der Waals surface area contributed by atoms with E-state index >= 15 is 0 Å². The number of hydrogen-bond acceptors (Lipinski definition) is 8. The molecule has 3 rings (SSSR count). The van der Waals surface area contributed by atoms with Crippen LogP contribution < -0.4 is 14.2 Å². The number of tetrazole rings is 1. The van der Waals surface area contributed by atoms with Crippen molar-refractivity contribution in [3.05, 3.63) is 46.5 Å². The van der Waals surface area contributed by atoms with Crippen LogP contribution in [0.15, 0.2) is 36.4 Å². The number of nitrogens with one attached hydrogen (secondary N) is 1. The van der Waals surface area contributed by atoms with Crippen molar-refractivity contribution in [1.82, 2.24) is 20.6 Å². The second-order valence-electron chi connectivity index (χ2n) is 4.79. The molecule has 1 heterocycles. The average molecular weight is 343 g/mol. The van der Waals surface area contributed by atoms with E-state index in [1.165, 1.54) is 32.4 Å².